The molecule has 0 radical (unpaired) electrons. The number of ether oxygens (including phenoxy) is 2. The van der Waals surface area contributed by atoms with Gasteiger partial charge in [-0.1, -0.05) is 72.3 Å². The second-order valence-corrected chi connectivity index (χ2v) is 4.99. The van der Waals surface area contributed by atoms with E-state index in [0.29, 0.717) is 0 Å². The molecule has 0 fully saturated rings. The predicted molar refractivity (Wildman–Crippen MR) is 82.1 cm³/mol. The molecular formula is C17H15ClO4. The number of alkyl halides is 1. The molecule has 114 valence electrons. The van der Waals surface area contributed by atoms with Crippen LogP contribution in [-0.2, 0) is 32.3 Å². The van der Waals surface area contributed by atoms with E-state index in [4.69, 9.17) is 21.1 Å². The first-order valence-corrected chi connectivity index (χ1v) is 7.15. The number of hydrogen-bond donors (Lipinski definition) is 0. The van der Waals surface area contributed by atoms with Crippen molar-refractivity contribution >= 4 is 23.5 Å². The van der Waals surface area contributed by atoms with Gasteiger partial charge in [0.05, 0.1) is 0 Å². The Morgan fingerprint density at radius 3 is 1.50 bits per heavy atom. The van der Waals surface area contributed by atoms with Gasteiger partial charge in [-0.2, -0.15) is 0 Å². The lowest BCUT2D eigenvalue weighted by Gasteiger charge is -2.10. The van der Waals surface area contributed by atoms with Gasteiger partial charge in [0.25, 0.3) is 0 Å². The first-order chi connectivity index (χ1) is 10.7. The van der Waals surface area contributed by atoms with Gasteiger partial charge in [-0.05, 0) is 11.1 Å². The molecule has 0 aliphatic heterocycles. The van der Waals surface area contributed by atoms with Crippen LogP contribution in [0.15, 0.2) is 60.7 Å². The normalized spacial score (nSPS) is 10.3. The minimum Gasteiger partial charge on any atom is -0.459 e. The van der Waals surface area contributed by atoms with Gasteiger partial charge >= 0.3 is 11.9 Å². The van der Waals surface area contributed by atoms with Crippen molar-refractivity contribution in [3.63, 3.8) is 0 Å². The van der Waals surface area contributed by atoms with E-state index < -0.39 is 17.3 Å². The summed E-state index contributed by atoms with van der Waals surface area (Å²) in [5.41, 5.74) is 1.63. The van der Waals surface area contributed by atoms with Gasteiger partial charge in [0.2, 0.25) is 5.38 Å². The molecule has 0 heterocycles. The number of halogens is 1. The Balaban J connectivity index is 1.78. The molecule has 0 spiro atoms. The predicted octanol–water partition coefficient (Wildman–Crippen LogP) is 3.08. The molecular weight excluding hydrogens is 304 g/mol. The number of rotatable bonds is 6. The van der Waals surface area contributed by atoms with Crippen LogP contribution in [0.2, 0.25) is 0 Å². The fourth-order valence-electron chi connectivity index (χ4n) is 1.70. The summed E-state index contributed by atoms with van der Waals surface area (Å²) in [4.78, 5) is 23.4. The highest BCUT2D eigenvalue weighted by molar-refractivity contribution is 6.39. The summed E-state index contributed by atoms with van der Waals surface area (Å²) in [6, 6.07) is 18.3. The van der Waals surface area contributed by atoms with Crippen LogP contribution < -0.4 is 0 Å². The van der Waals surface area contributed by atoms with Crippen LogP contribution in [-0.4, -0.2) is 17.3 Å². The minimum atomic E-state index is -1.47. The molecule has 5 heteroatoms. The molecule has 0 aromatic heterocycles. The molecule has 0 amide bonds. The zero-order valence-electron chi connectivity index (χ0n) is 11.8. The van der Waals surface area contributed by atoms with Gasteiger partial charge in [-0.3, -0.25) is 0 Å². The van der Waals surface area contributed by atoms with E-state index in [1.54, 1.807) is 0 Å². The van der Waals surface area contributed by atoms with Gasteiger partial charge in [0.1, 0.15) is 13.2 Å². The Hall–Kier alpha value is -2.33. The van der Waals surface area contributed by atoms with Crippen LogP contribution in [0, 0.1) is 0 Å². The molecule has 0 N–H and O–H groups in total. The summed E-state index contributed by atoms with van der Waals surface area (Å²) in [6.07, 6.45) is 0. The van der Waals surface area contributed by atoms with Gasteiger partial charge in [0.15, 0.2) is 0 Å². The van der Waals surface area contributed by atoms with Crippen LogP contribution in [0.3, 0.4) is 0 Å². The highest BCUT2D eigenvalue weighted by Gasteiger charge is 2.27. The fraction of sp³-hybridized carbons (Fsp3) is 0.176. The molecule has 2 rings (SSSR count). The van der Waals surface area contributed by atoms with Crippen LogP contribution in [0.4, 0.5) is 0 Å². The van der Waals surface area contributed by atoms with E-state index in [1.807, 2.05) is 60.7 Å². The van der Waals surface area contributed by atoms with Crippen molar-refractivity contribution in [1.82, 2.24) is 0 Å². The van der Waals surface area contributed by atoms with Crippen molar-refractivity contribution in [2.75, 3.05) is 0 Å². The fourth-order valence-corrected chi connectivity index (χ4v) is 1.83. The summed E-state index contributed by atoms with van der Waals surface area (Å²) >= 11 is 5.77. The second-order valence-electron chi connectivity index (χ2n) is 4.55. The van der Waals surface area contributed by atoms with Crippen LogP contribution in [0.25, 0.3) is 0 Å². The molecule has 0 bridgehead atoms. The molecule has 22 heavy (non-hydrogen) atoms. The topological polar surface area (TPSA) is 52.6 Å². The van der Waals surface area contributed by atoms with Crippen molar-refractivity contribution in [3.05, 3.63) is 71.8 Å². The largest absolute Gasteiger partial charge is 0.459 e. The monoisotopic (exact) mass is 318 g/mol. The van der Waals surface area contributed by atoms with Crippen molar-refractivity contribution in [2.24, 2.45) is 0 Å². The van der Waals surface area contributed by atoms with Crippen molar-refractivity contribution in [1.29, 1.82) is 0 Å². The number of carbonyl (C=O) groups excluding carboxylic acids is 2. The number of hydrogen-bond acceptors (Lipinski definition) is 4. The highest BCUT2D eigenvalue weighted by atomic mass is 35.5. The van der Waals surface area contributed by atoms with Crippen LogP contribution >= 0.6 is 11.6 Å². The van der Waals surface area contributed by atoms with E-state index in [1.165, 1.54) is 0 Å². The summed E-state index contributed by atoms with van der Waals surface area (Å²) in [7, 11) is 0. The Morgan fingerprint density at radius 1 is 0.773 bits per heavy atom. The molecule has 0 saturated carbocycles. The van der Waals surface area contributed by atoms with Crippen LogP contribution in [0.5, 0.6) is 0 Å². The zero-order valence-corrected chi connectivity index (χ0v) is 12.5. The average Bonchev–Trinajstić information content (AvgIpc) is 2.58. The third kappa shape index (κ3) is 4.90. The van der Waals surface area contributed by atoms with Crippen molar-refractivity contribution in [2.45, 2.75) is 18.6 Å². The van der Waals surface area contributed by atoms with Gasteiger partial charge in [-0.25, -0.2) is 9.59 Å². The molecule has 0 saturated heterocycles. The maximum atomic E-state index is 11.7. The zero-order chi connectivity index (χ0) is 15.8. The SMILES string of the molecule is O=C(OCc1ccccc1)C(Cl)C(=O)OCc1ccccc1. The van der Waals surface area contributed by atoms with E-state index in [0.717, 1.165) is 11.1 Å². The van der Waals surface area contributed by atoms with E-state index in [-0.39, 0.29) is 13.2 Å². The third-order valence-electron chi connectivity index (χ3n) is 2.86. The van der Waals surface area contributed by atoms with Gasteiger partial charge < -0.3 is 9.47 Å². The van der Waals surface area contributed by atoms with Crippen molar-refractivity contribution in [3.8, 4) is 0 Å². The molecule has 0 aliphatic rings. The van der Waals surface area contributed by atoms with Gasteiger partial charge in [-0.15, -0.1) is 0 Å². The van der Waals surface area contributed by atoms with Gasteiger partial charge in [0, 0.05) is 0 Å². The summed E-state index contributed by atoms with van der Waals surface area (Å²) < 4.78 is 9.98. The average molecular weight is 319 g/mol. The number of esters is 2. The molecule has 2 aromatic rings. The summed E-state index contributed by atoms with van der Waals surface area (Å²) in [6.45, 7) is 0.129. The Morgan fingerprint density at radius 2 is 1.14 bits per heavy atom. The molecule has 0 aliphatic carbocycles. The lowest BCUT2D eigenvalue weighted by atomic mass is 10.2. The third-order valence-corrected chi connectivity index (χ3v) is 3.22. The van der Waals surface area contributed by atoms with Crippen LogP contribution in [0.1, 0.15) is 11.1 Å². The second kappa shape index (κ2) is 8.20. The maximum absolute atomic E-state index is 11.7. The number of benzene rings is 2. The first kappa shape index (κ1) is 16.0. The van der Waals surface area contributed by atoms with E-state index >= 15 is 0 Å². The van der Waals surface area contributed by atoms with E-state index in [9.17, 15) is 9.59 Å². The quantitative estimate of drug-likeness (QED) is 0.466. The smallest absolute Gasteiger partial charge is 0.336 e. The lowest BCUT2D eigenvalue weighted by molar-refractivity contribution is -0.155. The van der Waals surface area contributed by atoms with E-state index in [2.05, 4.69) is 0 Å². The maximum Gasteiger partial charge on any atom is 0.336 e. The van der Waals surface area contributed by atoms with Crippen molar-refractivity contribution < 1.29 is 19.1 Å². The molecule has 4 nitrogen and oxygen atoms in total. The minimum absolute atomic E-state index is 0.0643. The first-order valence-electron chi connectivity index (χ1n) is 6.72. The highest BCUT2D eigenvalue weighted by Crippen LogP contribution is 2.08. The molecule has 0 unspecified atom stereocenters. The summed E-state index contributed by atoms with van der Waals surface area (Å²) in [5.74, 6) is -1.63. The Labute approximate surface area is 133 Å². The molecule has 2 aromatic carbocycles. The summed E-state index contributed by atoms with van der Waals surface area (Å²) in [5, 5.41) is -1.47. The standard InChI is InChI=1S/C17H15ClO4/c18-15(16(19)21-11-13-7-3-1-4-8-13)17(20)22-12-14-9-5-2-6-10-14/h1-10,15H,11-12H2. The Kier molecular flexibility index (Phi) is 5.98. The lowest BCUT2D eigenvalue weighted by Crippen LogP contribution is -2.28. The number of carbonyl (C=O) groups is 2. The molecule has 0 atom stereocenters. The Bertz CT molecular complexity index is 558.